The topological polar surface area (TPSA) is 46.9 Å². The molecule has 0 spiro atoms. The molecule has 1 aromatic heterocycles. The smallest absolute Gasteiger partial charge is 0.252 e. The molecule has 106 valence electrons. The average Bonchev–Trinajstić information content (AvgIpc) is 2.80. The van der Waals surface area contributed by atoms with Crippen molar-refractivity contribution in [2.45, 2.75) is 33.4 Å². The highest BCUT2D eigenvalue weighted by Gasteiger charge is 2.16. The monoisotopic (exact) mass is 335 g/mol. The van der Waals surface area contributed by atoms with Gasteiger partial charge in [-0.25, -0.2) is 0 Å². The maximum atomic E-state index is 12.3. The molecule has 0 saturated carbocycles. The number of benzene rings is 1. The number of aromatic nitrogens is 2. The number of carbonyl (C=O) groups excluding carboxylic acids is 1. The van der Waals surface area contributed by atoms with Crippen LogP contribution in [-0.2, 0) is 6.54 Å². The zero-order valence-electron chi connectivity index (χ0n) is 11.9. The fourth-order valence-electron chi connectivity index (χ4n) is 2.12. The van der Waals surface area contributed by atoms with Gasteiger partial charge in [0.15, 0.2) is 0 Å². The lowest BCUT2D eigenvalue weighted by Crippen LogP contribution is -2.27. The molecule has 1 heterocycles. The van der Waals surface area contributed by atoms with Crippen LogP contribution in [0.5, 0.6) is 0 Å². The first-order valence-electron chi connectivity index (χ1n) is 6.62. The van der Waals surface area contributed by atoms with Gasteiger partial charge in [0.05, 0.1) is 17.3 Å². The normalized spacial score (nSPS) is 12.2. The van der Waals surface area contributed by atoms with Gasteiger partial charge in [0.2, 0.25) is 0 Å². The van der Waals surface area contributed by atoms with Crippen LogP contribution in [0.15, 0.2) is 34.9 Å². The lowest BCUT2D eigenvalue weighted by molar-refractivity contribution is 0.0939. The zero-order chi connectivity index (χ0) is 14.7. The van der Waals surface area contributed by atoms with Crippen molar-refractivity contribution in [3.8, 4) is 0 Å². The van der Waals surface area contributed by atoms with Crippen LogP contribution in [0.3, 0.4) is 0 Å². The van der Waals surface area contributed by atoms with Gasteiger partial charge in [0, 0.05) is 22.8 Å². The van der Waals surface area contributed by atoms with E-state index in [4.69, 9.17) is 0 Å². The molecule has 0 aliphatic rings. The summed E-state index contributed by atoms with van der Waals surface area (Å²) in [5.41, 5.74) is 2.64. The SMILES string of the molecule is CCn1cc(C(C)NC(=O)c2ccccc2Br)c(C)n1. The second kappa shape index (κ2) is 6.22. The van der Waals surface area contributed by atoms with E-state index in [1.165, 1.54) is 0 Å². The second-order valence-electron chi connectivity index (χ2n) is 4.70. The summed E-state index contributed by atoms with van der Waals surface area (Å²) in [6, 6.07) is 7.33. The highest BCUT2D eigenvalue weighted by Crippen LogP contribution is 2.19. The van der Waals surface area contributed by atoms with E-state index in [0.29, 0.717) is 5.56 Å². The number of carbonyl (C=O) groups is 1. The van der Waals surface area contributed by atoms with Gasteiger partial charge in [-0.1, -0.05) is 12.1 Å². The van der Waals surface area contributed by atoms with Crippen LogP contribution in [0.4, 0.5) is 0 Å². The minimum Gasteiger partial charge on any atom is -0.345 e. The van der Waals surface area contributed by atoms with Gasteiger partial charge in [-0.3, -0.25) is 9.48 Å². The Balaban J connectivity index is 2.15. The molecule has 1 atom stereocenters. The van der Waals surface area contributed by atoms with Gasteiger partial charge in [0.1, 0.15) is 0 Å². The number of amides is 1. The molecule has 0 aliphatic heterocycles. The molecule has 0 bridgehead atoms. The van der Waals surface area contributed by atoms with Gasteiger partial charge in [-0.2, -0.15) is 5.10 Å². The summed E-state index contributed by atoms with van der Waals surface area (Å²) in [5.74, 6) is -0.0892. The van der Waals surface area contributed by atoms with E-state index in [1.54, 1.807) is 6.07 Å². The Morgan fingerprint density at radius 1 is 1.45 bits per heavy atom. The predicted molar refractivity (Wildman–Crippen MR) is 82.7 cm³/mol. The van der Waals surface area contributed by atoms with Crippen molar-refractivity contribution in [3.63, 3.8) is 0 Å². The quantitative estimate of drug-likeness (QED) is 0.929. The van der Waals surface area contributed by atoms with Crippen molar-refractivity contribution >= 4 is 21.8 Å². The number of aryl methyl sites for hydroxylation is 2. The first-order valence-corrected chi connectivity index (χ1v) is 7.41. The van der Waals surface area contributed by atoms with Crippen LogP contribution in [0, 0.1) is 6.92 Å². The fraction of sp³-hybridized carbons (Fsp3) is 0.333. The predicted octanol–water partition coefficient (Wildman–Crippen LogP) is 3.46. The Hall–Kier alpha value is -1.62. The Morgan fingerprint density at radius 2 is 2.15 bits per heavy atom. The molecular formula is C15H18BrN3O. The molecule has 1 unspecified atom stereocenters. The number of nitrogens with zero attached hydrogens (tertiary/aromatic N) is 2. The van der Waals surface area contributed by atoms with Crippen molar-refractivity contribution in [2.24, 2.45) is 0 Å². The number of halogens is 1. The largest absolute Gasteiger partial charge is 0.345 e. The molecule has 0 aliphatic carbocycles. The summed E-state index contributed by atoms with van der Waals surface area (Å²) < 4.78 is 2.68. The molecule has 0 fully saturated rings. The van der Waals surface area contributed by atoms with Gasteiger partial charge >= 0.3 is 0 Å². The third kappa shape index (κ3) is 3.10. The van der Waals surface area contributed by atoms with Gasteiger partial charge in [-0.15, -0.1) is 0 Å². The van der Waals surface area contributed by atoms with E-state index in [9.17, 15) is 4.79 Å². The Labute approximate surface area is 127 Å². The summed E-state index contributed by atoms with van der Waals surface area (Å²) in [6.07, 6.45) is 1.99. The highest BCUT2D eigenvalue weighted by atomic mass is 79.9. The van der Waals surface area contributed by atoms with Gasteiger partial charge in [0.25, 0.3) is 5.91 Å². The molecule has 2 aromatic rings. The molecule has 20 heavy (non-hydrogen) atoms. The summed E-state index contributed by atoms with van der Waals surface area (Å²) in [6.45, 7) is 6.80. The average molecular weight is 336 g/mol. The Bertz CT molecular complexity index is 621. The van der Waals surface area contributed by atoms with Crippen LogP contribution < -0.4 is 5.32 Å². The molecular weight excluding hydrogens is 318 g/mol. The number of rotatable bonds is 4. The lowest BCUT2D eigenvalue weighted by Gasteiger charge is -2.14. The first-order chi connectivity index (χ1) is 9.52. The first kappa shape index (κ1) is 14.8. The number of hydrogen-bond donors (Lipinski definition) is 1. The van der Waals surface area contributed by atoms with E-state index < -0.39 is 0 Å². The summed E-state index contributed by atoms with van der Waals surface area (Å²) >= 11 is 3.40. The lowest BCUT2D eigenvalue weighted by atomic mass is 10.1. The second-order valence-corrected chi connectivity index (χ2v) is 5.55. The van der Waals surface area contributed by atoms with E-state index >= 15 is 0 Å². The fourth-order valence-corrected chi connectivity index (χ4v) is 2.58. The molecule has 0 saturated heterocycles. The minimum atomic E-state index is -0.0892. The van der Waals surface area contributed by atoms with Gasteiger partial charge < -0.3 is 5.32 Å². The van der Waals surface area contributed by atoms with E-state index in [2.05, 4.69) is 26.3 Å². The third-order valence-corrected chi connectivity index (χ3v) is 3.93. The van der Waals surface area contributed by atoms with Crippen LogP contribution in [0.1, 0.15) is 41.5 Å². The summed E-state index contributed by atoms with van der Waals surface area (Å²) in [5, 5.41) is 7.41. The van der Waals surface area contributed by atoms with Crippen LogP contribution in [0.25, 0.3) is 0 Å². The number of hydrogen-bond acceptors (Lipinski definition) is 2. The molecule has 1 N–H and O–H groups in total. The summed E-state index contributed by atoms with van der Waals surface area (Å²) in [4.78, 5) is 12.3. The zero-order valence-corrected chi connectivity index (χ0v) is 13.4. The van der Waals surface area contributed by atoms with Crippen molar-refractivity contribution in [3.05, 3.63) is 51.8 Å². The Kier molecular flexibility index (Phi) is 4.60. The molecule has 4 nitrogen and oxygen atoms in total. The third-order valence-electron chi connectivity index (χ3n) is 3.24. The maximum absolute atomic E-state index is 12.3. The highest BCUT2D eigenvalue weighted by molar-refractivity contribution is 9.10. The molecule has 1 aromatic carbocycles. The standard InChI is InChI=1S/C15H18BrN3O/c1-4-19-9-13(11(3)18-19)10(2)17-15(20)12-7-5-6-8-14(12)16/h5-10H,4H2,1-3H3,(H,17,20). The van der Waals surface area contributed by atoms with Crippen LogP contribution >= 0.6 is 15.9 Å². The van der Waals surface area contributed by atoms with Crippen molar-refractivity contribution in [1.29, 1.82) is 0 Å². The molecule has 5 heteroatoms. The molecule has 2 rings (SSSR count). The van der Waals surface area contributed by atoms with Gasteiger partial charge in [-0.05, 0) is 48.8 Å². The van der Waals surface area contributed by atoms with Crippen molar-refractivity contribution in [2.75, 3.05) is 0 Å². The summed E-state index contributed by atoms with van der Waals surface area (Å²) in [7, 11) is 0. The van der Waals surface area contributed by atoms with E-state index in [-0.39, 0.29) is 11.9 Å². The van der Waals surface area contributed by atoms with E-state index in [0.717, 1.165) is 22.3 Å². The molecule has 1 amide bonds. The van der Waals surface area contributed by atoms with Crippen molar-refractivity contribution < 1.29 is 4.79 Å². The molecule has 0 radical (unpaired) electrons. The van der Waals surface area contributed by atoms with E-state index in [1.807, 2.05) is 49.8 Å². The van der Waals surface area contributed by atoms with Crippen LogP contribution in [0.2, 0.25) is 0 Å². The minimum absolute atomic E-state index is 0.0742. The van der Waals surface area contributed by atoms with Crippen LogP contribution in [-0.4, -0.2) is 15.7 Å². The Morgan fingerprint density at radius 3 is 2.75 bits per heavy atom. The number of nitrogens with one attached hydrogen (secondary N) is 1. The maximum Gasteiger partial charge on any atom is 0.252 e. The van der Waals surface area contributed by atoms with Crippen molar-refractivity contribution in [1.82, 2.24) is 15.1 Å².